The smallest absolute Gasteiger partial charge is 0.253 e. The van der Waals surface area contributed by atoms with Gasteiger partial charge in [0.2, 0.25) is 0 Å². The van der Waals surface area contributed by atoms with Gasteiger partial charge in [-0.3, -0.25) is 14.6 Å². The van der Waals surface area contributed by atoms with Gasteiger partial charge in [0, 0.05) is 48.1 Å². The molecule has 0 aliphatic heterocycles. The molecule has 4 rings (SSSR count). The van der Waals surface area contributed by atoms with E-state index in [9.17, 15) is 18.0 Å². The lowest BCUT2D eigenvalue weighted by atomic mass is 9.88. The summed E-state index contributed by atoms with van der Waals surface area (Å²) in [4.78, 5) is 32.1. The molecule has 3 aromatic rings. The lowest BCUT2D eigenvalue weighted by molar-refractivity contribution is 0.0950. The fourth-order valence-corrected chi connectivity index (χ4v) is 4.50. The number of carbonyl (C=O) groups is 1. The molecule has 0 saturated heterocycles. The van der Waals surface area contributed by atoms with Crippen LogP contribution in [0.15, 0.2) is 58.6 Å². The molecule has 2 N–H and O–H groups in total. The molecule has 2 heterocycles. The number of fused-ring (bicyclic) bond motifs is 1. The van der Waals surface area contributed by atoms with Crippen LogP contribution in [0.2, 0.25) is 0 Å². The monoisotopic (exact) mass is 437 g/mol. The van der Waals surface area contributed by atoms with Crippen molar-refractivity contribution in [2.75, 3.05) is 6.26 Å². The van der Waals surface area contributed by atoms with Crippen molar-refractivity contribution in [2.45, 2.75) is 37.1 Å². The molecule has 0 unspecified atom stereocenters. The van der Waals surface area contributed by atoms with Gasteiger partial charge < -0.3 is 10.3 Å². The highest BCUT2D eigenvalue weighted by Crippen LogP contribution is 2.29. The van der Waals surface area contributed by atoms with Crippen molar-refractivity contribution in [2.24, 2.45) is 0 Å². The second kappa shape index (κ2) is 8.47. The van der Waals surface area contributed by atoms with Gasteiger partial charge >= 0.3 is 0 Å². The summed E-state index contributed by atoms with van der Waals surface area (Å²) in [5, 5.41) is 2.84. The van der Waals surface area contributed by atoms with E-state index in [4.69, 9.17) is 0 Å². The van der Waals surface area contributed by atoms with Gasteiger partial charge in [0.25, 0.3) is 11.5 Å². The normalized spacial score (nSPS) is 13.5. The Kier molecular flexibility index (Phi) is 5.73. The van der Waals surface area contributed by atoms with E-state index in [1.54, 1.807) is 30.6 Å². The summed E-state index contributed by atoms with van der Waals surface area (Å²) in [5.74, 6) is -0.278. The number of aromatic amines is 1. The maximum atomic E-state index is 12.7. The average molecular weight is 438 g/mol. The van der Waals surface area contributed by atoms with Gasteiger partial charge in [-0.05, 0) is 55.0 Å². The maximum Gasteiger partial charge on any atom is 0.253 e. The van der Waals surface area contributed by atoms with Crippen LogP contribution in [0, 0.1) is 0 Å². The minimum atomic E-state index is -3.25. The van der Waals surface area contributed by atoms with Crippen LogP contribution < -0.4 is 10.9 Å². The molecule has 1 aliphatic rings. The largest absolute Gasteiger partial charge is 0.348 e. The van der Waals surface area contributed by atoms with E-state index < -0.39 is 9.84 Å². The van der Waals surface area contributed by atoms with E-state index in [2.05, 4.69) is 15.3 Å². The Labute approximate surface area is 180 Å². The SMILES string of the molecule is CS(=O)(=O)c1ccc(CNC(=O)c2cncc(-c3c[nH]c(=O)c4c3CCCC4)c2)cc1. The van der Waals surface area contributed by atoms with Crippen molar-refractivity contribution in [1.82, 2.24) is 15.3 Å². The number of aromatic nitrogens is 2. The topological polar surface area (TPSA) is 109 Å². The minimum absolute atomic E-state index is 0.0396. The summed E-state index contributed by atoms with van der Waals surface area (Å²) in [7, 11) is -3.25. The molecule has 0 atom stereocenters. The molecule has 0 fully saturated rings. The molecule has 0 radical (unpaired) electrons. The number of rotatable bonds is 5. The van der Waals surface area contributed by atoms with Gasteiger partial charge in [0.1, 0.15) is 0 Å². The van der Waals surface area contributed by atoms with E-state index in [0.29, 0.717) is 5.56 Å². The molecular weight excluding hydrogens is 414 g/mol. The van der Waals surface area contributed by atoms with Gasteiger partial charge in [-0.2, -0.15) is 0 Å². The van der Waals surface area contributed by atoms with E-state index >= 15 is 0 Å². The van der Waals surface area contributed by atoms with Gasteiger partial charge in [0.15, 0.2) is 9.84 Å². The standard InChI is InChI=1S/C23H23N3O4S/c1-31(29,30)18-8-6-15(7-9-18)11-25-22(27)17-10-16(12-24-13-17)21-14-26-23(28)20-5-3-2-4-19(20)21/h6-10,12-14H,2-5,11H2,1H3,(H,25,27)(H,26,28). The summed E-state index contributed by atoms with van der Waals surface area (Å²) in [6.07, 6.45) is 9.71. The van der Waals surface area contributed by atoms with Crippen LogP contribution in [0.25, 0.3) is 11.1 Å². The number of sulfone groups is 1. The molecular formula is C23H23N3O4S. The molecule has 8 heteroatoms. The number of H-pyrrole nitrogens is 1. The van der Waals surface area contributed by atoms with E-state index in [1.807, 2.05) is 0 Å². The summed E-state index contributed by atoms with van der Waals surface area (Å²) >= 11 is 0. The molecule has 7 nitrogen and oxygen atoms in total. The van der Waals surface area contributed by atoms with Gasteiger partial charge in [-0.1, -0.05) is 12.1 Å². The van der Waals surface area contributed by atoms with Gasteiger partial charge in [-0.15, -0.1) is 0 Å². The molecule has 0 bridgehead atoms. The highest BCUT2D eigenvalue weighted by molar-refractivity contribution is 7.90. The first kappa shape index (κ1) is 21.0. The number of nitrogens with zero attached hydrogens (tertiary/aromatic N) is 1. The van der Waals surface area contributed by atoms with Crippen molar-refractivity contribution >= 4 is 15.7 Å². The number of pyridine rings is 2. The van der Waals surface area contributed by atoms with Crippen molar-refractivity contribution < 1.29 is 13.2 Å². The van der Waals surface area contributed by atoms with Crippen LogP contribution >= 0.6 is 0 Å². The van der Waals surface area contributed by atoms with Gasteiger partial charge in [-0.25, -0.2) is 8.42 Å². The van der Waals surface area contributed by atoms with Crippen molar-refractivity contribution in [3.8, 4) is 11.1 Å². The van der Waals surface area contributed by atoms with Crippen molar-refractivity contribution in [3.05, 3.63) is 81.5 Å². The zero-order valence-electron chi connectivity index (χ0n) is 17.1. The second-order valence-electron chi connectivity index (χ2n) is 7.76. The summed E-state index contributed by atoms with van der Waals surface area (Å²) in [6.45, 7) is 0.265. The molecule has 0 saturated carbocycles. The van der Waals surface area contributed by atoms with Crippen LogP contribution in [-0.2, 0) is 29.2 Å². The quantitative estimate of drug-likeness (QED) is 0.638. The molecule has 1 amide bonds. The first-order valence-electron chi connectivity index (χ1n) is 10.1. The fraction of sp³-hybridized carbons (Fsp3) is 0.261. The Balaban J connectivity index is 1.52. The lowest BCUT2D eigenvalue weighted by Crippen LogP contribution is -2.23. The Morgan fingerprint density at radius 1 is 1.10 bits per heavy atom. The van der Waals surface area contributed by atoms with Gasteiger partial charge in [0.05, 0.1) is 10.5 Å². The number of carbonyl (C=O) groups excluding carboxylic acids is 1. The lowest BCUT2D eigenvalue weighted by Gasteiger charge is -2.18. The molecule has 31 heavy (non-hydrogen) atoms. The molecule has 0 spiro atoms. The Hall–Kier alpha value is -3.26. The summed E-state index contributed by atoms with van der Waals surface area (Å²) in [5.41, 5.74) is 4.74. The number of hydrogen-bond acceptors (Lipinski definition) is 5. The number of benzene rings is 1. The number of amides is 1. The third-order valence-corrected chi connectivity index (χ3v) is 6.66. The summed E-state index contributed by atoms with van der Waals surface area (Å²) < 4.78 is 23.1. The molecule has 1 aromatic carbocycles. The zero-order valence-corrected chi connectivity index (χ0v) is 18.0. The number of nitrogens with one attached hydrogen (secondary N) is 2. The predicted molar refractivity (Wildman–Crippen MR) is 118 cm³/mol. The van der Waals surface area contributed by atoms with Crippen LogP contribution in [0.4, 0.5) is 0 Å². The fourth-order valence-electron chi connectivity index (χ4n) is 3.87. The minimum Gasteiger partial charge on any atom is -0.348 e. The third-order valence-electron chi connectivity index (χ3n) is 5.53. The third kappa shape index (κ3) is 4.59. The Morgan fingerprint density at radius 2 is 1.81 bits per heavy atom. The van der Waals surface area contributed by atoms with Crippen LogP contribution in [-0.4, -0.2) is 30.5 Å². The Morgan fingerprint density at radius 3 is 2.52 bits per heavy atom. The van der Waals surface area contributed by atoms with Crippen LogP contribution in [0.5, 0.6) is 0 Å². The van der Waals surface area contributed by atoms with Crippen LogP contribution in [0.1, 0.15) is 39.9 Å². The number of hydrogen-bond donors (Lipinski definition) is 2. The average Bonchev–Trinajstić information content (AvgIpc) is 2.78. The molecule has 160 valence electrons. The van der Waals surface area contributed by atoms with Crippen molar-refractivity contribution in [1.29, 1.82) is 0 Å². The Bertz CT molecular complexity index is 1300. The van der Waals surface area contributed by atoms with Crippen molar-refractivity contribution in [3.63, 3.8) is 0 Å². The van der Waals surface area contributed by atoms with E-state index in [0.717, 1.165) is 59.8 Å². The predicted octanol–water partition coefficient (Wildman–Crippen LogP) is 2.65. The molecule has 1 aliphatic carbocycles. The molecule has 2 aromatic heterocycles. The van der Waals surface area contributed by atoms with E-state index in [1.165, 1.54) is 18.3 Å². The van der Waals surface area contributed by atoms with E-state index in [-0.39, 0.29) is 22.9 Å². The zero-order chi connectivity index (χ0) is 22.0. The summed E-state index contributed by atoms with van der Waals surface area (Å²) in [6, 6.07) is 8.18. The second-order valence-corrected chi connectivity index (χ2v) is 9.77. The highest BCUT2D eigenvalue weighted by atomic mass is 32.2. The first-order chi connectivity index (χ1) is 14.8. The highest BCUT2D eigenvalue weighted by Gasteiger charge is 2.18. The maximum absolute atomic E-state index is 12.7. The van der Waals surface area contributed by atoms with Crippen LogP contribution in [0.3, 0.4) is 0 Å². The first-order valence-corrected chi connectivity index (χ1v) is 12.0.